The number of fused-ring (bicyclic) bond motifs is 1. The molecule has 1 N–H and O–H groups in total. The number of nitrogens with zero attached hydrogens (tertiary/aromatic N) is 2. The molecule has 23 heavy (non-hydrogen) atoms. The van der Waals surface area contributed by atoms with Crippen LogP contribution < -0.4 is 15.0 Å². The summed E-state index contributed by atoms with van der Waals surface area (Å²) in [4.78, 5) is 19.0. The number of rotatable bonds is 4. The van der Waals surface area contributed by atoms with Gasteiger partial charge in [-0.2, -0.15) is 0 Å². The highest BCUT2D eigenvalue weighted by atomic mass is 16.5. The van der Waals surface area contributed by atoms with Crippen molar-refractivity contribution in [2.24, 2.45) is 0 Å². The lowest BCUT2D eigenvalue weighted by Crippen LogP contribution is -2.44. The zero-order valence-electron chi connectivity index (χ0n) is 13.5. The Labute approximate surface area is 135 Å². The summed E-state index contributed by atoms with van der Waals surface area (Å²) in [5, 5.41) is 4.24. The first-order valence-electron chi connectivity index (χ1n) is 7.84. The van der Waals surface area contributed by atoms with Gasteiger partial charge in [0.2, 0.25) is 0 Å². The SMILES string of the molecule is CCOC(=O)c1cnc2ccc(OC)cc2c1N1CCNCC1. The first kappa shape index (κ1) is 15.6. The first-order chi connectivity index (χ1) is 11.2. The van der Waals surface area contributed by atoms with Gasteiger partial charge in [0.25, 0.3) is 0 Å². The van der Waals surface area contributed by atoms with E-state index in [0.717, 1.165) is 48.5 Å². The Hall–Kier alpha value is -2.34. The van der Waals surface area contributed by atoms with Gasteiger partial charge in [-0.25, -0.2) is 4.79 Å². The van der Waals surface area contributed by atoms with Crippen molar-refractivity contribution < 1.29 is 14.3 Å². The second-order valence-corrected chi connectivity index (χ2v) is 5.36. The van der Waals surface area contributed by atoms with Gasteiger partial charge in [-0.05, 0) is 25.1 Å². The van der Waals surface area contributed by atoms with Crippen molar-refractivity contribution in [1.82, 2.24) is 10.3 Å². The van der Waals surface area contributed by atoms with Crippen LogP contribution in [-0.2, 0) is 4.74 Å². The highest BCUT2D eigenvalue weighted by molar-refractivity contribution is 6.05. The number of carbonyl (C=O) groups excluding carboxylic acids is 1. The number of hydrogen-bond acceptors (Lipinski definition) is 6. The Kier molecular flexibility index (Phi) is 4.62. The van der Waals surface area contributed by atoms with Crippen LogP contribution in [0.15, 0.2) is 24.4 Å². The largest absolute Gasteiger partial charge is 0.497 e. The predicted octanol–water partition coefficient (Wildman–Crippen LogP) is 1.83. The molecule has 0 spiro atoms. The molecule has 6 heteroatoms. The summed E-state index contributed by atoms with van der Waals surface area (Å²) in [6.45, 7) is 5.59. The van der Waals surface area contributed by atoms with Crippen molar-refractivity contribution in [1.29, 1.82) is 0 Å². The number of piperazine rings is 1. The maximum absolute atomic E-state index is 12.4. The molecule has 0 radical (unpaired) electrons. The molecular weight excluding hydrogens is 294 g/mol. The number of nitrogens with one attached hydrogen (secondary N) is 1. The lowest BCUT2D eigenvalue weighted by Gasteiger charge is -2.31. The fourth-order valence-corrected chi connectivity index (χ4v) is 2.87. The van der Waals surface area contributed by atoms with Crippen molar-refractivity contribution in [3.05, 3.63) is 30.0 Å². The molecule has 2 aromatic rings. The fraction of sp³-hybridized carbons (Fsp3) is 0.412. The van der Waals surface area contributed by atoms with E-state index in [4.69, 9.17) is 9.47 Å². The van der Waals surface area contributed by atoms with E-state index >= 15 is 0 Å². The number of methoxy groups -OCH3 is 1. The van der Waals surface area contributed by atoms with Gasteiger partial charge in [0, 0.05) is 37.8 Å². The Balaban J connectivity index is 2.18. The van der Waals surface area contributed by atoms with Crippen LogP contribution in [0, 0.1) is 0 Å². The Morgan fingerprint density at radius 3 is 2.83 bits per heavy atom. The van der Waals surface area contributed by atoms with Gasteiger partial charge < -0.3 is 19.7 Å². The number of hydrogen-bond donors (Lipinski definition) is 1. The van der Waals surface area contributed by atoms with Crippen LogP contribution in [0.4, 0.5) is 5.69 Å². The highest BCUT2D eigenvalue weighted by Gasteiger charge is 2.23. The minimum absolute atomic E-state index is 0.335. The molecule has 122 valence electrons. The van der Waals surface area contributed by atoms with E-state index in [2.05, 4.69) is 15.2 Å². The van der Waals surface area contributed by atoms with Crippen molar-refractivity contribution in [2.75, 3.05) is 44.8 Å². The number of esters is 1. The Bertz CT molecular complexity index is 712. The summed E-state index contributed by atoms with van der Waals surface area (Å²) < 4.78 is 10.6. The lowest BCUT2D eigenvalue weighted by molar-refractivity contribution is 0.0526. The number of pyridine rings is 1. The number of benzene rings is 1. The van der Waals surface area contributed by atoms with Crippen molar-refractivity contribution in [3.63, 3.8) is 0 Å². The number of carbonyl (C=O) groups is 1. The summed E-state index contributed by atoms with van der Waals surface area (Å²) in [5.74, 6) is 0.412. The second-order valence-electron chi connectivity index (χ2n) is 5.36. The van der Waals surface area contributed by atoms with Crippen molar-refractivity contribution in [3.8, 4) is 5.75 Å². The normalized spacial score (nSPS) is 14.8. The average molecular weight is 315 g/mol. The summed E-state index contributed by atoms with van der Waals surface area (Å²) in [7, 11) is 1.63. The molecule has 0 aliphatic carbocycles. The van der Waals surface area contributed by atoms with Crippen molar-refractivity contribution >= 4 is 22.6 Å². The van der Waals surface area contributed by atoms with Crippen LogP contribution in [0.25, 0.3) is 10.9 Å². The minimum atomic E-state index is -0.335. The molecule has 0 bridgehead atoms. The molecule has 1 saturated heterocycles. The summed E-state index contributed by atoms with van der Waals surface area (Å²) in [6.07, 6.45) is 1.62. The molecule has 0 amide bonds. The quantitative estimate of drug-likeness (QED) is 0.869. The molecule has 3 rings (SSSR count). The molecule has 0 atom stereocenters. The van der Waals surface area contributed by atoms with Gasteiger partial charge >= 0.3 is 5.97 Å². The van der Waals surface area contributed by atoms with E-state index in [-0.39, 0.29) is 5.97 Å². The fourth-order valence-electron chi connectivity index (χ4n) is 2.87. The molecular formula is C17H21N3O3. The molecule has 1 aliphatic rings. The summed E-state index contributed by atoms with van der Waals surface area (Å²) in [6, 6.07) is 5.72. The maximum atomic E-state index is 12.4. The van der Waals surface area contributed by atoms with Gasteiger partial charge in [0.15, 0.2) is 0 Å². The summed E-state index contributed by atoms with van der Waals surface area (Å²) in [5.41, 5.74) is 2.23. The molecule has 0 saturated carbocycles. The molecule has 1 aliphatic heterocycles. The summed E-state index contributed by atoms with van der Waals surface area (Å²) >= 11 is 0. The van der Waals surface area contributed by atoms with Gasteiger partial charge in [-0.3, -0.25) is 4.98 Å². The third-order valence-corrected chi connectivity index (χ3v) is 3.98. The molecule has 1 aromatic carbocycles. The predicted molar refractivity (Wildman–Crippen MR) is 89.3 cm³/mol. The van der Waals surface area contributed by atoms with Gasteiger partial charge in [0.1, 0.15) is 11.3 Å². The van der Waals surface area contributed by atoms with Crippen LogP contribution in [0.1, 0.15) is 17.3 Å². The smallest absolute Gasteiger partial charge is 0.341 e. The number of anilines is 1. The molecule has 6 nitrogen and oxygen atoms in total. The monoisotopic (exact) mass is 315 g/mol. The van der Waals surface area contributed by atoms with Gasteiger partial charge in [-0.1, -0.05) is 0 Å². The molecule has 0 unspecified atom stereocenters. The van der Waals surface area contributed by atoms with Crippen molar-refractivity contribution in [2.45, 2.75) is 6.92 Å². The van der Waals surface area contributed by atoms with Crippen LogP contribution in [-0.4, -0.2) is 50.8 Å². The molecule has 1 aromatic heterocycles. The van der Waals surface area contributed by atoms with Crippen LogP contribution in [0.3, 0.4) is 0 Å². The topological polar surface area (TPSA) is 63.7 Å². The van der Waals surface area contributed by atoms with E-state index in [1.165, 1.54) is 0 Å². The van der Waals surface area contributed by atoms with E-state index in [1.807, 2.05) is 18.2 Å². The average Bonchev–Trinajstić information content (AvgIpc) is 2.61. The van der Waals surface area contributed by atoms with Crippen LogP contribution >= 0.6 is 0 Å². The Morgan fingerprint density at radius 2 is 2.13 bits per heavy atom. The van der Waals surface area contributed by atoms with E-state index < -0.39 is 0 Å². The van der Waals surface area contributed by atoms with Gasteiger partial charge in [-0.15, -0.1) is 0 Å². The zero-order chi connectivity index (χ0) is 16.2. The van der Waals surface area contributed by atoms with Gasteiger partial charge in [0.05, 0.1) is 24.9 Å². The third kappa shape index (κ3) is 3.07. The van der Waals surface area contributed by atoms with Crippen LogP contribution in [0.5, 0.6) is 5.75 Å². The minimum Gasteiger partial charge on any atom is -0.497 e. The maximum Gasteiger partial charge on any atom is 0.341 e. The first-order valence-corrected chi connectivity index (χ1v) is 7.84. The highest BCUT2D eigenvalue weighted by Crippen LogP contribution is 2.33. The number of aromatic nitrogens is 1. The van der Waals surface area contributed by atoms with E-state index in [0.29, 0.717) is 12.2 Å². The Morgan fingerprint density at radius 1 is 1.35 bits per heavy atom. The second kappa shape index (κ2) is 6.83. The third-order valence-electron chi connectivity index (χ3n) is 3.98. The standard InChI is InChI=1S/C17H21N3O3/c1-3-23-17(21)14-11-19-15-5-4-12(22-2)10-13(15)16(14)20-8-6-18-7-9-20/h4-5,10-11,18H,3,6-9H2,1-2H3. The van der Waals surface area contributed by atoms with E-state index in [9.17, 15) is 4.79 Å². The zero-order valence-corrected chi connectivity index (χ0v) is 13.5. The molecule has 2 heterocycles. The number of ether oxygens (including phenoxy) is 2. The molecule has 1 fully saturated rings. The lowest BCUT2D eigenvalue weighted by atomic mass is 10.1. The van der Waals surface area contributed by atoms with Crippen LogP contribution in [0.2, 0.25) is 0 Å². The van der Waals surface area contributed by atoms with E-state index in [1.54, 1.807) is 20.2 Å².